The fraction of sp³-hybridized carbons (Fsp3) is 0.769. The lowest BCUT2D eigenvalue weighted by molar-refractivity contribution is 0.124. The molecule has 2 rings (SSSR count). The van der Waals surface area contributed by atoms with E-state index in [1.807, 2.05) is 17.9 Å². The Morgan fingerprint density at radius 3 is 2.69 bits per heavy atom. The van der Waals surface area contributed by atoms with Gasteiger partial charge in [-0.2, -0.15) is 5.10 Å². The zero-order valence-electron chi connectivity index (χ0n) is 10.7. The van der Waals surface area contributed by atoms with Crippen LogP contribution in [-0.4, -0.2) is 16.3 Å². The summed E-state index contributed by atoms with van der Waals surface area (Å²) in [5.41, 5.74) is 3.20. The van der Waals surface area contributed by atoms with E-state index >= 15 is 0 Å². The molecule has 1 aliphatic rings. The Kier molecular flexibility index (Phi) is 3.33. The summed E-state index contributed by atoms with van der Waals surface area (Å²) < 4.78 is 1.94. The van der Waals surface area contributed by atoms with E-state index in [1.165, 1.54) is 36.9 Å². The summed E-state index contributed by atoms with van der Waals surface area (Å²) in [4.78, 5) is 0. The van der Waals surface area contributed by atoms with Crippen LogP contribution < -0.4 is 5.32 Å². The molecule has 1 N–H and O–H groups in total. The summed E-state index contributed by atoms with van der Waals surface area (Å²) >= 11 is 0. The second-order valence-corrected chi connectivity index (χ2v) is 5.19. The Bertz CT molecular complexity index is 345. The normalized spacial score (nSPS) is 18.4. The van der Waals surface area contributed by atoms with Gasteiger partial charge in [-0.15, -0.1) is 0 Å². The second kappa shape index (κ2) is 4.58. The standard InChI is InChI=1S/C13H23N3/c1-4-13(6-5-7-13)10-14-8-12-9-15-16(3)11(12)2/h9,14H,4-8,10H2,1-3H3. The molecule has 0 bridgehead atoms. The molecule has 0 spiro atoms. The first kappa shape index (κ1) is 11.6. The molecule has 1 aromatic heterocycles. The third-order valence-electron chi connectivity index (χ3n) is 4.32. The Morgan fingerprint density at radius 1 is 1.50 bits per heavy atom. The smallest absolute Gasteiger partial charge is 0.0537 e. The van der Waals surface area contributed by atoms with E-state index in [9.17, 15) is 0 Å². The summed E-state index contributed by atoms with van der Waals surface area (Å²) in [6, 6.07) is 0. The molecule has 3 heteroatoms. The van der Waals surface area contributed by atoms with Gasteiger partial charge >= 0.3 is 0 Å². The van der Waals surface area contributed by atoms with Crippen molar-refractivity contribution in [3.8, 4) is 0 Å². The molecule has 1 saturated carbocycles. The second-order valence-electron chi connectivity index (χ2n) is 5.19. The van der Waals surface area contributed by atoms with Crippen molar-refractivity contribution in [1.29, 1.82) is 0 Å². The van der Waals surface area contributed by atoms with Crippen LogP contribution in [0, 0.1) is 12.3 Å². The summed E-state index contributed by atoms with van der Waals surface area (Å²) in [7, 11) is 2.00. The molecule has 0 saturated heterocycles. The van der Waals surface area contributed by atoms with E-state index in [2.05, 4.69) is 24.3 Å². The minimum atomic E-state index is 0.607. The van der Waals surface area contributed by atoms with Gasteiger partial charge in [-0.25, -0.2) is 0 Å². The minimum absolute atomic E-state index is 0.607. The maximum atomic E-state index is 4.26. The molecule has 0 atom stereocenters. The van der Waals surface area contributed by atoms with Gasteiger partial charge in [-0.1, -0.05) is 13.3 Å². The van der Waals surface area contributed by atoms with Crippen molar-refractivity contribution in [2.45, 2.75) is 46.1 Å². The molecule has 90 valence electrons. The van der Waals surface area contributed by atoms with E-state index in [0.29, 0.717) is 5.41 Å². The van der Waals surface area contributed by atoms with Gasteiger partial charge in [0.05, 0.1) is 6.20 Å². The highest BCUT2D eigenvalue weighted by atomic mass is 15.3. The van der Waals surface area contributed by atoms with Gasteiger partial charge in [0.1, 0.15) is 0 Å². The molecule has 1 aromatic rings. The molecule has 16 heavy (non-hydrogen) atoms. The van der Waals surface area contributed by atoms with E-state index in [1.54, 1.807) is 0 Å². The molecular weight excluding hydrogens is 198 g/mol. The maximum Gasteiger partial charge on any atom is 0.0537 e. The molecule has 0 unspecified atom stereocenters. The van der Waals surface area contributed by atoms with E-state index in [0.717, 1.165) is 13.1 Å². The Morgan fingerprint density at radius 2 is 2.25 bits per heavy atom. The lowest BCUT2D eigenvalue weighted by Gasteiger charge is -2.41. The molecule has 0 amide bonds. The van der Waals surface area contributed by atoms with Gasteiger partial charge in [0.2, 0.25) is 0 Å². The SMILES string of the molecule is CCC1(CNCc2cnn(C)c2C)CCC1. The number of nitrogens with zero attached hydrogens (tertiary/aromatic N) is 2. The first-order valence-electron chi connectivity index (χ1n) is 6.35. The Balaban J connectivity index is 1.82. The number of rotatable bonds is 5. The van der Waals surface area contributed by atoms with Crippen molar-refractivity contribution < 1.29 is 0 Å². The van der Waals surface area contributed by atoms with Crippen molar-refractivity contribution in [2.75, 3.05) is 6.54 Å². The third kappa shape index (κ3) is 2.14. The van der Waals surface area contributed by atoms with Crippen LogP contribution in [0.2, 0.25) is 0 Å². The predicted octanol–water partition coefficient (Wildman–Crippen LogP) is 2.40. The average Bonchev–Trinajstić information content (AvgIpc) is 2.53. The van der Waals surface area contributed by atoms with Crippen LogP contribution in [0.4, 0.5) is 0 Å². The van der Waals surface area contributed by atoms with Gasteiger partial charge < -0.3 is 5.32 Å². The zero-order chi connectivity index (χ0) is 11.6. The third-order valence-corrected chi connectivity index (χ3v) is 4.32. The lowest BCUT2D eigenvalue weighted by atomic mass is 9.67. The van der Waals surface area contributed by atoms with Gasteiger partial charge in [-0.3, -0.25) is 4.68 Å². The molecule has 1 aliphatic carbocycles. The van der Waals surface area contributed by atoms with E-state index in [-0.39, 0.29) is 0 Å². The van der Waals surface area contributed by atoms with Crippen molar-refractivity contribution >= 4 is 0 Å². The molecular formula is C13H23N3. The van der Waals surface area contributed by atoms with Crippen LogP contribution in [0.5, 0.6) is 0 Å². The van der Waals surface area contributed by atoms with Crippen LogP contribution in [0.15, 0.2) is 6.20 Å². The first-order valence-corrected chi connectivity index (χ1v) is 6.35. The molecule has 0 aliphatic heterocycles. The maximum absolute atomic E-state index is 4.26. The van der Waals surface area contributed by atoms with Gasteiger partial charge in [0.25, 0.3) is 0 Å². The van der Waals surface area contributed by atoms with E-state index < -0.39 is 0 Å². The predicted molar refractivity (Wildman–Crippen MR) is 66.2 cm³/mol. The van der Waals surface area contributed by atoms with E-state index in [4.69, 9.17) is 0 Å². The first-order chi connectivity index (χ1) is 7.67. The van der Waals surface area contributed by atoms with Crippen molar-refractivity contribution in [3.05, 3.63) is 17.5 Å². The monoisotopic (exact) mass is 221 g/mol. The van der Waals surface area contributed by atoms with Crippen molar-refractivity contribution in [2.24, 2.45) is 12.5 Å². The highest BCUT2D eigenvalue weighted by Gasteiger charge is 2.34. The largest absolute Gasteiger partial charge is 0.312 e. The van der Waals surface area contributed by atoms with Crippen LogP contribution in [0.3, 0.4) is 0 Å². The molecule has 0 aromatic carbocycles. The Labute approximate surface area is 98.2 Å². The highest BCUT2D eigenvalue weighted by Crippen LogP contribution is 2.43. The number of aromatic nitrogens is 2. The molecule has 1 fully saturated rings. The summed E-state index contributed by atoms with van der Waals surface area (Å²) in [5, 5.41) is 7.86. The Hall–Kier alpha value is -0.830. The minimum Gasteiger partial charge on any atom is -0.312 e. The average molecular weight is 221 g/mol. The van der Waals surface area contributed by atoms with Gasteiger partial charge in [-0.05, 0) is 31.6 Å². The molecule has 0 radical (unpaired) electrons. The van der Waals surface area contributed by atoms with Crippen molar-refractivity contribution in [3.63, 3.8) is 0 Å². The molecule has 1 heterocycles. The quantitative estimate of drug-likeness (QED) is 0.827. The number of aryl methyl sites for hydroxylation is 1. The number of nitrogens with one attached hydrogen (secondary N) is 1. The van der Waals surface area contributed by atoms with Crippen LogP contribution in [0.25, 0.3) is 0 Å². The number of hydrogen-bond acceptors (Lipinski definition) is 2. The van der Waals surface area contributed by atoms with Crippen LogP contribution in [-0.2, 0) is 13.6 Å². The van der Waals surface area contributed by atoms with Gasteiger partial charge in [0.15, 0.2) is 0 Å². The van der Waals surface area contributed by atoms with Crippen LogP contribution in [0.1, 0.15) is 43.9 Å². The topological polar surface area (TPSA) is 29.9 Å². The summed E-state index contributed by atoms with van der Waals surface area (Å²) in [6.07, 6.45) is 7.51. The lowest BCUT2D eigenvalue weighted by Crippen LogP contribution is -2.39. The summed E-state index contributed by atoms with van der Waals surface area (Å²) in [6.45, 7) is 6.57. The van der Waals surface area contributed by atoms with Crippen LogP contribution >= 0.6 is 0 Å². The van der Waals surface area contributed by atoms with Crippen molar-refractivity contribution in [1.82, 2.24) is 15.1 Å². The zero-order valence-corrected chi connectivity index (χ0v) is 10.7. The van der Waals surface area contributed by atoms with Gasteiger partial charge in [0, 0.05) is 31.4 Å². The molecule has 3 nitrogen and oxygen atoms in total. The highest BCUT2D eigenvalue weighted by molar-refractivity contribution is 5.15. The summed E-state index contributed by atoms with van der Waals surface area (Å²) in [5.74, 6) is 0. The fourth-order valence-corrected chi connectivity index (χ4v) is 2.51. The fourth-order valence-electron chi connectivity index (χ4n) is 2.51. The number of hydrogen-bond donors (Lipinski definition) is 1.